The molecule has 0 aliphatic heterocycles. The summed E-state index contributed by atoms with van der Waals surface area (Å²) in [5.74, 6) is 10.4. The summed E-state index contributed by atoms with van der Waals surface area (Å²) in [5, 5.41) is 5.17. The maximum Gasteiger partial charge on any atom is 0.238 e. The summed E-state index contributed by atoms with van der Waals surface area (Å²) < 4.78 is 0. The Hall–Kier alpha value is -3.70. The molecular formula is C20H23N5O3. The number of nitrogens with one attached hydrogen (secondary N) is 3. The molecule has 1 aromatic heterocycles. The minimum absolute atomic E-state index is 0. The topological polar surface area (TPSA) is 126 Å². The Morgan fingerprint density at radius 3 is 2.18 bits per heavy atom. The second kappa shape index (κ2) is 10.4. The van der Waals surface area contributed by atoms with Crippen LogP contribution in [0.15, 0.2) is 36.5 Å². The van der Waals surface area contributed by atoms with Gasteiger partial charge in [0.05, 0.1) is 12.1 Å². The molecule has 28 heavy (non-hydrogen) atoms. The van der Waals surface area contributed by atoms with Crippen molar-refractivity contribution in [3.05, 3.63) is 53.2 Å². The fourth-order valence-electron chi connectivity index (χ4n) is 2.17. The van der Waals surface area contributed by atoms with Gasteiger partial charge in [-0.05, 0) is 23.8 Å². The molecule has 2 aromatic rings. The monoisotopic (exact) mass is 381 g/mol. The molecule has 5 N–H and O–H groups in total. The molecule has 0 radical (unpaired) electrons. The van der Waals surface area contributed by atoms with Gasteiger partial charge in [0.2, 0.25) is 17.7 Å². The lowest BCUT2D eigenvalue weighted by atomic mass is 10.1. The van der Waals surface area contributed by atoms with E-state index in [-0.39, 0.29) is 37.4 Å². The number of benzene rings is 1. The van der Waals surface area contributed by atoms with Crippen molar-refractivity contribution in [2.24, 2.45) is 5.84 Å². The summed E-state index contributed by atoms with van der Waals surface area (Å²) in [5.41, 5.74) is 4.58. The fraction of sp³-hybridized carbons (Fsp3) is 0.200. The summed E-state index contributed by atoms with van der Waals surface area (Å²) in [4.78, 5) is 38.0. The largest absolute Gasteiger partial charge is 0.323 e. The van der Waals surface area contributed by atoms with Crippen LogP contribution in [0.3, 0.4) is 0 Å². The minimum atomic E-state index is -0.295. The van der Waals surface area contributed by atoms with E-state index >= 15 is 0 Å². The third-order valence-electron chi connectivity index (χ3n) is 3.32. The van der Waals surface area contributed by atoms with Gasteiger partial charge in [-0.25, -0.2) is 10.8 Å². The third kappa shape index (κ3) is 6.90. The van der Waals surface area contributed by atoms with Gasteiger partial charge in [-0.1, -0.05) is 31.4 Å². The second-order valence-electron chi connectivity index (χ2n) is 5.67. The van der Waals surface area contributed by atoms with E-state index in [0.29, 0.717) is 11.3 Å². The predicted molar refractivity (Wildman–Crippen MR) is 108 cm³/mol. The first-order chi connectivity index (χ1) is 12.9. The van der Waals surface area contributed by atoms with Gasteiger partial charge in [0.25, 0.3) is 0 Å². The van der Waals surface area contributed by atoms with Crippen LogP contribution >= 0.6 is 0 Å². The van der Waals surface area contributed by atoms with Crippen molar-refractivity contribution in [3.63, 3.8) is 0 Å². The van der Waals surface area contributed by atoms with Crippen molar-refractivity contribution in [3.8, 4) is 11.8 Å². The number of nitrogens with zero attached hydrogens (tertiary/aromatic N) is 1. The molecule has 2 rings (SSSR count). The summed E-state index contributed by atoms with van der Waals surface area (Å²) in [6.07, 6.45) is 1.70. The number of carbonyl (C=O) groups excluding carboxylic acids is 3. The van der Waals surface area contributed by atoms with Crippen molar-refractivity contribution >= 4 is 29.2 Å². The quantitative estimate of drug-likeness (QED) is 0.277. The zero-order chi connectivity index (χ0) is 19.8. The molecule has 1 aromatic carbocycles. The Morgan fingerprint density at radius 2 is 1.61 bits per heavy atom. The zero-order valence-electron chi connectivity index (χ0n) is 14.9. The van der Waals surface area contributed by atoms with Crippen LogP contribution in [0, 0.1) is 11.8 Å². The van der Waals surface area contributed by atoms with Gasteiger partial charge in [-0.15, -0.1) is 0 Å². The van der Waals surface area contributed by atoms with Gasteiger partial charge in [0.1, 0.15) is 0 Å². The van der Waals surface area contributed by atoms with Gasteiger partial charge in [-0.2, -0.15) is 0 Å². The highest BCUT2D eigenvalue weighted by Crippen LogP contribution is 2.20. The van der Waals surface area contributed by atoms with Crippen LogP contribution in [0.2, 0.25) is 0 Å². The fourth-order valence-corrected chi connectivity index (χ4v) is 2.17. The Labute approximate surface area is 163 Å². The van der Waals surface area contributed by atoms with E-state index < -0.39 is 0 Å². The smallest absolute Gasteiger partial charge is 0.238 e. The maximum absolute atomic E-state index is 11.3. The van der Waals surface area contributed by atoms with Gasteiger partial charge in [-0.3, -0.25) is 19.8 Å². The molecular weight excluding hydrogens is 358 g/mol. The van der Waals surface area contributed by atoms with Gasteiger partial charge in [0, 0.05) is 31.2 Å². The second-order valence-corrected chi connectivity index (χ2v) is 5.67. The standard InChI is InChI=1S/C19H19N5O3.CH4/c1-12(25)22-17-9-16(11-21-19(17)23-13(2)26)8-5-14-3-6-15(7-4-14)10-18(27)24-20;/h3-4,6-7,9,11H,10,20H2,1-2H3,(H,22,25)(H,24,27)(H,21,23,26);1H4. The van der Waals surface area contributed by atoms with Crippen molar-refractivity contribution in [2.45, 2.75) is 27.7 Å². The minimum Gasteiger partial charge on any atom is -0.323 e. The molecule has 0 saturated heterocycles. The SMILES string of the molecule is C.CC(=O)Nc1cc(C#Cc2ccc(CC(=O)NN)cc2)cnc1NC(C)=O. The molecule has 0 spiro atoms. The maximum atomic E-state index is 11.3. The lowest BCUT2D eigenvalue weighted by Gasteiger charge is -2.09. The van der Waals surface area contributed by atoms with E-state index in [1.807, 2.05) is 0 Å². The van der Waals surface area contributed by atoms with Gasteiger partial charge in [0.15, 0.2) is 5.82 Å². The number of hydrogen-bond acceptors (Lipinski definition) is 5. The Kier molecular flexibility index (Phi) is 8.34. The van der Waals surface area contributed by atoms with Crippen molar-refractivity contribution in [1.82, 2.24) is 10.4 Å². The number of amides is 3. The van der Waals surface area contributed by atoms with E-state index in [1.54, 1.807) is 30.3 Å². The van der Waals surface area contributed by atoms with E-state index in [0.717, 1.165) is 11.1 Å². The number of hydrazine groups is 1. The predicted octanol–water partition coefficient (Wildman–Crippen LogP) is 1.57. The van der Waals surface area contributed by atoms with Crippen LogP contribution in [-0.2, 0) is 20.8 Å². The number of pyridine rings is 1. The lowest BCUT2D eigenvalue weighted by molar-refractivity contribution is -0.120. The van der Waals surface area contributed by atoms with Crippen LogP contribution in [0.4, 0.5) is 11.5 Å². The van der Waals surface area contributed by atoms with Crippen molar-refractivity contribution in [1.29, 1.82) is 0 Å². The number of rotatable bonds is 4. The number of carbonyl (C=O) groups is 3. The highest BCUT2D eigenvalue weighted by molar-refractivity contribution is 5.97. The van der Waals surface area contributed by atoms with E-state index in [4.69, 9.17) is 5.84 Å². The van der Waals surface area contributed by atoms with Crippen molar-refractivity contribution in [2.75, 3.05) is 10.6 Å². The third-order valence-corrected chi connectivity index (χ3v) is 3.32. The molecule has 146 valence electrons. The van der Waals surface area contributed by atoms with E-state index in [1.165, 1.54) is 20.0 Å². The molecule has 0 unspecified atom stereocenters. The molecule has 0 aliphatic rings. The first-order valence-corrected chi connectivity index (χ1v) is 8.03. The summed E-state index contributed by atoms with van der Waals surface area (Å²) in [6, 6.07) is 8.80. The Bertz CT molecular complexity index is 927. The van der Waals surface area contributed by atoms with Crippen LogP contribution in [-0.4, -0.2) is 22.7 Å². The van der Waals surface area contributed by atoms with Crippen LogP contribution < -0.4 is 21.9 Å². The normalized spacial score (nSPS) is 9.25. The zero-order valence-corrected chi connectivity index (χ0v) is 14.9. The first kappa shape index (κ1) is 22.3. The summed E-state index contributed by atoms with van der Waals surface area (Å²) in [6.45, 7) is 2.72. The average Bonchev–Trinajstić information content (AvgIpc) is 2.62. The van der Waals surface area contributed by atoms with E-state index in [9.17, 15) is 14.4 Å². The van der Waals surface area contributed by atoms with Gasteiger partial charge >= 0.3 is 0 Å². The highest BCUT2D eigenvalue weighted by atomic mass is 16.2. The van der Waals surface area contributed by atoms with Crippen molar-refractivity contribution < 1.29 is 14.4 Å². The highest BCUT2D eigenvalue weighted by Gasteiger charge is 2.08. The number of nitrogens with two attached hydrogens (primary N) is 1. The molecule has 0 saturated carbocycles. The molecule has 0 fully saturated rings. The molecule has 8 heteroatoms. The van der Waals surface area contributed by atoms with Crippen LogP contribution in [0.1, 0.15) is 38.0 Å². The summed E-state index contributed by atoms with van der Waals surface area (Å²) in [7, 11) is 0. The number of hydrogen-bond donors (Lipinski definition) is 4. The number of aromatic nitrogens is 1. The lowest BCUT2D eigenvalue weighted by Crippen LogP contribution is -2.31. The molecule has 3 amide bonds. The number of anilines is 2. The van der Waals surface area contributed by atoms with Crippen LogP contribution in [0.25, 0.3) is 0 Å². The first-order valence-electron chi connectivity index (χ1n) is 8.03. The molecule has 0 atom stereocenters. The Morgan fingerprint density at radius 1 is 1.00 bits per heavy atom. The Balaban J connectivity index is 0.00000392. The molecule has 0 aliphatic carbocycles. The van der Waals surface area contributed by atoms with E-state index in [2.05, 4.69) is 32.9 Å². The molecule has 0 bridgehead atoms. The summed E-state index contributed by atoms with van der Waals surface area (Å²) >= 11 is 0. The van der Waals surface area contributed by atoms with Crippen LogP contribution in [0.5, 0.6) is 0 Å². The average molecular weight is 381 g/mol. The molecule has 8 nitrogen and oxygen atoms in total. The molecule has 1 heterocycles. The van der Waals surface area contributed by atoms with Gasteiger partial charge < -0.3 is 10.6 Å².